The summed E-state index contributed by atoms with van der Waals surface area (Å²) in [6.07, 6.45) is 3.72. The highest BCUT2D eigenvalue weighted by Gasteiger charge is 2.17. The lowest BCUT2D eigenvalue weighted by Crippen LogP contribution is -2.10. The van der Waals surface area contributed by atoms with Crippen molar-refractivity contribution in [3.8, 4) is 0 Å². The smallest absolute Gasteiger partial charge is 0.159 e. The van der Waals surface area contributed by atoms with Crippen molar-refractivity contribution in [2.45, 2.75) is 19.3 Å². The third-order valence-electron chi connectivity index (χ3n) is 3.31. The van der Waals surface area contributed by atoms with Crippen molar-refractivity contribution in [3.63, 3.8) is 0 Å². The van der Waals surface area contributed by atoms with E-state index in [1.807, 2.05) is 36.5 Å². The molecule has 19 heavy (non-hydrogen) atoms. The van der Waals surface area contributed by atoms with Gasteiger partial charge in [0.15, 0.2) is 5.65 Å². The van der Waals surface area contributed by atoms with Gasteiger partial charge in [0.1, 0.15) is 17.2 Å². The summed E-state index contributed by atoms with van der Waals surface area (Å²) in [7, 11) is 3.90. The molecule has 6 nitrogen and oxygen atoms in total. The van der Waals surface area contributed by atoms with Gasteiger partial charge in [-0.05, 0) is 6.92 Å². The van der Waals surface area contributed by atoms with E-state index in [-0.39, 0.29) is 0 Å². The van der Waals surface area contributed by atoms with Crippen LogP contribution in [0.2, 0.25) is 0 Å². The molecule has 0 aliphatic rings. The van der Waals surface area contributed by atoms with Crippen LogP contribution in [0.5, 0.6) is 0 Å². The predicted molar refractivity (Wildman–Crippen MR) is 73.1 cm³/mol. The van der Waals surface area contributed by atoms with Crippen molar-refractivity contribution < 1.29 is 0 Å². The van der Waals surface area contributed by atoms with Crippen LogP contribution in [0.1, 0.15) is 17.3 Å². The van der Waals surface area contributed by atoms with E-state index in [0.717, 1.165) is 28.5 Å². The van der Waals surface area contributed by atoms with Crippen molar-refractivity contribution in [2.75, 3.05) is 0 Å². The average Bonchev–Trinajstić information content (AvgIpc) is 3.00. The van der Waals surface area contributed by atoms with E-state index >= 15 is 0 Å². The van der Waals surface area contributed by atoms with Gasteiger partial charge in [0.25, 0.3) is 0 Å². The largest absolute Gasteiger partial charge is 0.337 e. The van der Waals surface area contributed by atoms with Gasteiger partial charge in [0.2, 0.25) is 0 Å². The predicted octanol–water partition coefficient (Wildman–Crippen LogP) is 1.60. The molecule has 0 radical (unpaired) electrons. The molecule has 0 fully saturated rings. The zero-order valence-electron chi connectivity index (χ0n) is 11.1. The Bertz CT molecular complexity index is 735. The van der Waals surface area contributed by atoms with Crippen LogP contribution >= 0.6 is 11.6 Å². The van der Waals surface area contributed by atoms with Crippen LogP contribution in [-0.4, -0.2) is 28.9 Å². The number of aromatic nitrogens is 6. The standard InChI is InChI=1S/C12H15ClN6/c1-8-11-12(18(3)16-8)19(9(6-13)15-11)7-10-14-4-5-17(10)2/h4-5H,6-7H2,1-3H3. The van der Waals surface area contributed by atoms with Crippen LogP contribution in [0.15, 0.2) is 12.4 Å². The molecular formula is C12H15ClN6. The molecule has 100 valence electrons. The summed E-state index contributed by atoms with van der Waals surface area (Å²) in [5.41, 5.74) is 2.81. The lowest BCUT2D eigenvalue weighted by atomic mass is 10.4. The summed E-state index contributed by atoms with van der Waals surface area (Å²) in [5.74, 6) is 2.18. The molecule has 7 heteroatoms. The topological polar surface area (TPSA) is 53.5 Å². The summed E-state index contributed by atoms with van der Waals surface area (Å²) in [4.78, 5) is 8.92. The second kappa shape index (κ2) is 4.38. The summed E-state index contributed by atoms with van der Waals surface area (Å²) in [5, 5.41) is 4.40. The summed E-state index contributed by atoms with van der Waals surface area (Å²) in [6.45, 7) is 2.60. The van der Waals surface area contributed by atoms with E-state index in [2.05, 4.69) is 19.6 Å². The minimum absolute atomic E-state index is 0.374. The van der Waals surface area contributed by atoms with E-state index in [1.54, 1.807) is 6.20 Å². The maximum absolute atomic E-state index is 6.00. The highest BCUT2D eigenvalue weighted by atomic mass is 35.5. The van der Waals surface area contributed by atoms with Gasteiger partial charge in [-0.1, -0.05) is 0 Å². The minimum Gasteiger partial charge on any atom is -0.337 e. The number of hydrogen-bond acceptors (Lipinski definition) is 3. The van der Waals surface area contributed by atoms with E-state index in [1.165, 1.54) is 0 Å². The molecule has 3 heterocycles. The second-order valence-corrected chi connectivity index (χ2v) is 4.85. The number of rotatable bonds is 3. The van der Waals surface area contributed by atoms with E-state index in [9.17, 15) is 0 Å². The molecule has 3 aromatic heterocycles. The summed E-state index contributed by atoms with van der Waals surface area (Å²) < 4.78 is 5.91. The number of aryl methyl sites for hydroxylation is 3. The number of halogens is 1. The molecular weight excluding hydrogens is 264 g/mol. The third-order valence-corrected chi connectivity index (χ3v) is 3.55. The Morgan fingerprint density at radius 2 is 2.05 bits per heavy atom. The fraction of sp³-hybridized carbons (Fsp3) is 0.417. The van der Waals surface area contributed by atoms with Gasteiger partial charge in [-0.2, -0.15) is 5.10 Å². The Morgan fingerprint density at radius 1 is 1.26 bits per heavy atom. The Balaban J connectivity index is 2.18. The van der Waals surface area contributed by atoms with E-state index in [4.69, 9.17) is 11.6 Å². The van der Waals surface area contributed by atoms with Gasteiger partial charge < -0.3 is 9.13 Å². The van der Waals surface area contributed by atoms with Gasteiger partial charge in [-0.3, -0.25) is 4.68 Å². The Morgan fingerprint density at radius 3 is 2.68 bits per heavy atom. The first-order valence-corrected chi connectivity index (χ1v) is 6.56. The highest BCUT2D eigenvalue weighted by molar-refractivity contribution is 6.16. The van der Waals surface area contributed by atoms with Crippen LogP contribution in [0, 0.1) is 6.92 Å². The van der Waals surface area contributed by atoms with Crippen LogP contribution in [0.3, 0.4) is 0 Å². The van der Waals surface area contributed by atoms with E-state index in [0.29, 0.717) is 12.4 Å². The molecule has 0 amide bonds. The molecule has 3 aromatic rings. The average molecular weight is 279 g/mol. The maximum atomic E-state index is 6.00. The van der Waals surface area contributed by atoms with E-state index < -0.39 is 0 Å². The minimum atomic E-state index is 0.374. The Hall–Kier alpha value is -1.82. The molecule has 0 atom stereocenters. The third kappa shape index (κ3) is 1.83. The molecule has 0 unspecified atom stereocenters. The highest BCUT2D eigenvalue weighted by Crippen LogP contribution is 2.21. The first-order valence-electron chi connectivity index (χ1n) is 6.02. The van der Waals surface area contributed by atoms with Crippen LogP contribution in [-0.2, 0) is 26.5 Å². The Kier molecular flexibility index (Phi) is 2.82. The van der Waals surface area contributed by atoms with Crippen molar-refractivity contribution in [1.82, 2.24) is 28.9 Å². The summed E-state index contributed by atoms with van der Waals surface area (Å²) >= 11 is 6.00. The molecule has 0 aliphatic heterocycles. The fourth-order valence-electron chi connectivity index (χ4n) is 2.34. The first kappa shape index (κ1) is 12.2. The van der Waals surface area contributed by atoms with Gasteiger partial charge >= 0.3 is 0 Å². The van der Waals surface area contributed by atoms with Crippen LogP contribution in [0.25, 0.3) is 11.2 Å². The van der Waals surface area contributed by atoms with Crippen LogP contribution < -0.4 is 0 Å². The van der Waals surface area contributed by atoms with Crippen molar-refractivity contribution >= 4 is 22.8 Å². The molecule has 0 spiro atoms. The molecule has 3 rings (SSSR count). The van der Waals surface area contributed by atoms with Gasteiger partial charge in [-0.15, -0.1) is 11.6 Å². The molecule has 0 saturated carbocycles. The number of nitrogens with zero attached hydrogens (tertiary/aromatic N) is 6. The molecule has 0 aromatic carbocycles. The molecule has 0 saturated heterocycles. The van der Waals surface area contributed by atoms with Crippen molar-refractivity contribution in [1.29, 1.82) is 0 Å². The second-order valence-electron chi connectivity index (χ2n) is 4.58. The SMILES string of the molecule is Cc1nn(C)c2c1nc(CCl)n2Cc1nccn1C. The quantitative estimate of drug-likeness (QED) is 0.684. The zero-order valence-corrected chi connectivity index (χ0v) is 11.9. The summed E-state index contributed by atoms with van der Waals surface area (Å²) in [6, 6.07) is 0. The van der Waals surface area contributed by atoms with Gasteiger partial charge in [0.05, 0.1) is 18.1 Å². The fourth-order valence-corrected chi connectivity index (χ4v) is 2.54. The van der Waals surface area contributed by atoms with Gasteiger partial charge in [0, 0.05) is 26.5 Å². The lowest BCUT2D eigenvalue weighted by molar-refractivity contribution is 0.661. The number of imidazole rings is 2. The molecule has 0 aliphatic carbocycles. The number of hydrogen-bond donors (Lipinski definition) is 0. The van der Waals surface area contributed by atoms with Crippen LogP contribution in [0.4, 0.5) is 0 Å². The first-order chi connectivity index (χ1) is 9.11. The molecule has 0 N–H and O–H groups in total. The maximum Gasteiger partial charge on any atom is 0.159 e. The zero-order chi connectivity index (χ0) is 13.6. The number of alkyl halides is 1. The lowest BCUT2D eigenvalue weighted by Gasteiger charge is -2.08. The van der Waals surface area contributed by atoms with Crippen molar-refractivity contribution in [3.05, 3.63) is 29.7 Å². The van der Waals surface area contributed by atoms with Gasteiger partial charge in [-0.25, -0.2) is 9.97 Å². The Labute approximate surface area is 115 Å². The van der Waals surface area contributed by atoms with Crippen molar-refractivity contribution in [2.24, 2.45) is 14.1 Å². The number of fused-ring (bicyclic) bond motifs is 1. The molecule has 0 bridgehead atoms. The monoisotopic (exact) mass is 278 g/mol. The normalized spacial score (nSPS) is 11.6.